The fourth-order valence-electron chi connectivity index (χ4n) is 5.83. The molecule has 196 valence electrons. The third-order valence-electron chi connectivity index (χ3n) is 7.95. The Labute approximate surface area is 237 Å². The van der Waals surface area contributed by atoms with Crippen LogP contribution >= 0.6 is 0 Å². The lowest BCUT2D eigenvalue weighted by Crippen LogP contribution is -2.08. The summed E-state index contributed by atoms with van der Waals surface area (Å²) in [4.78, 5) is 15.1. The van der Waals surface area contributed by atoms with Crippen LogP contribution in [0.25, 0.3) is 61.3 Å². The average Bonchev–Trinajstić information content (AvgIpc) is 3.59. The van der Waals surface area contributed by atoms with E-state index in [0.29, 0.717) is 23.5 Å². The summed E-state index contributed by atoms with van der Waals surface area (Å²) in [6.07, 6.45) is 9.72. The van der Waals surface area contributed by atoms with Crippen LogP contribution in [-0.4, -0.2) is 24.1 Å². The normalized spacial score (nSPS) is 15.1. The Morgan fingerprint density at radius 3 is 2.24 bits per heavy atom. The smallest absolute Gasteiger partial charge is 0.238 e. The fourth-order valence-corrected chi connectivity index (χ4v) is 5.83. The Bertz CT molecular complexity index is 2130. The zero-order chi connectivity index (χ0) is 27.3. The molecule has 7 aromatic rings. The van der Waals surface area contributed by atoms with Gasteiger partial charge in [0.15, 0.2) is 11.6 Å². The van der Waals surface area contributed by atoms with Crippen molar-refractivity contribution in [3.05, 3.63) is 133 Å². The van der Waals surface area contributed by atoms with Gasteiger partial charge in [-0.05, 0) is 48.7 Å². The van der Waals surface area contributed by atoms with Crippen molar-refractivity contribution in [1.29, 1.82) is 0 Å². The highest BCUT2D eigenvalue weighted by molar-refractivity contribution is 6.13. The number of hydrogen-bond donors (Lipinski definition) is 0. The van der Waals surface area contributed by atoms with Gasteiger partial charge in [0.25, 0.3) is 0 Å². The zero-order valence-corrected chi connectivity index (χ0v) is 22.6. The lowest BCUT2D eigenvalue weighted by molar-refractivity contribution is 0.738. The molecular weight excluding hydrogens is 502 g/mol. The van der Waals surface area contributed by atoms with E-state index in [1.807, 2.05) is 24.3 Å². The van der Waals surface area contributed by atoms with Crippen molar-refractivity contribution in [3.8, 4) is 23.0 Å². The molecule has 0 amide bonds. The summed E-state index contributed by atoms with van der Waals surface area (Å²) in [5, 5.41) is 3.49. The van der Waals surface area contributed by atoms with Gasteiger partial charge < -0.3 is 4.57 Å². The molecule has 41 heavy (non-hydrogen) atoms. The lowest BCUT2D eigenvalue weighted by atomic mass is 9.98. The second-order valence-corrected chi connectivity index (χ2v) is 10.7. The molecule has 1 aliphatic rings. The van der Waals surface area contributed by atoms with E-state index in [9.17, 15) is 0 Å². The van der Waals surface area contributed by atoms with E-state index in [1.165, 1.54) is 10.9 Å². The van der Waals surface area contributed by atoms with E-state index < -0.39 is 0 Å². The van der Waals surface area contributed by atoms with Gasteiger partial charge in [-0.3, -0.25) is 4.57 Å². The number of aromatic nitrogens is 5. The molecule has 3 aromatic heterocycles. The van der Waals surface area contributed by atoms with Crippen LogP contribution in [0.4, 0.5) is 0 Å². The van der Waals surface area contributed by atoms with Gasteiger partial charge in [0.1, 0.15) is 0 Å². The first-order chi connectivity index (χ1) is 20.2. The molecule has 0 spiro atoms. The number of benzene rings is 4. The van der Waals surface area contributed by atoms with Crippen molar-refractivity contribution in [2.24, 2.45) is 5.92 Å². The second kappa shape index (κ2) is 9.42. The molecule has 1 unspecified atom stereocenters. The van der Waals surface area contributed by atoms with Gasteiger partial charge in [0, 0.05) is 39.2 Å². The molecule has 0 saturated heterocycles. The molecule has 0 fully saturated rings. The number of para-hydroxylation sites is 2. The standard InChI is InChI=1S/C36H27N5/c1-24-16-18-26(19-17-24)35-37-34(25-10-4-2-5-11-25)38-36(39-35)41-31-15-9-8-14-29(31)30-23-32-27(22-33(30)41)20-21-40(32)28-12-6-3-7-13-28/h2-16,18-24H,17H2,1H3. The van der Waals surface area contributed by atoms with E-state index in [1.54, 1.807) is 0 Å². The summed E-state index contributed by atoms with van der Waals surface area (Å²) in [5.74, 6) is 2.49. The van der Waals surface area contributed by atoms with Gasteiger partial charge in [-0.25, -0.2) is 4.98 Å². The fraction of sp³-hybridized carbons (Fsp3) is 0.0833. The molecule has 1 atom stereocenters. The van der Waals surface area contributed by atoms with Crippen molar-refractivity contribution in [2.75, 3.05) is 0 Å². The number of nitrogens with zero attached hydrogens (tertiary/aromatic N) is 5. The summed E-state index contributed by atoms with van der Waals surface area (Å²) in [6, 6.07) is 35.9. The average molecular weight is 530 g/mol. The maximum atomic E-state index is 5.10. The van der Waals surface area contributed by atoms with Crippen LogP contribution < -0.4 is 0 Å². The first-order valence-electron chi connectivity index (χ1n) is 14.0. The van der Waals surface area contributed by atoms with Crippen LogP contribution in [0.1, 0.15) is 19.2 Å². The number of fused-ring (bicyclic) bond motifs is 4. The molecule has 0 N–H and O–H groups in total. The van der Waals surface area contributed by atoms with Crippen molar-refractivity contribution in [3.63, 3.8) is 0 Å². The minimum atomic E-state index is 0.511. The molecule has 0 aliphatic heterocycles. The van der Waals surface area contributed by atoms with E-state index in [2.05, 4.69) is 119 Å². The van der Waals surface area contributed by atoms with Gasteiger partial charge in [-0.2, -0.15) is 9.97 Å². The van der Waals surface area contributed by atoms with E-state index >= 15 is 0 Å². The number of allylic oxidation sites excluding steroid dienone is 4. The molecule has 5 nitrogen and oxygen atoms in total. The first kappa shape index (κ1) is 23.6. The second-order valence-electron chi connectivity index (χ2n) is 10.7. The van der Waals surface area contributed by atoms with E-state index in [4.69, 9.17) is 15.0 Å². The third kappa shape index (κ3) is 3.97. The number of hydrogen-bond acceptors (Lipinski definition) is 3. The molecular formula is C36H27N5. The monoisotopic (exact) mass is 529 g/mol. The van der Waals surface area contributed by atoms with Crippen LogP contribution in [-0.2, 0) is 0 Å². The Balaban J connectivity index is 1.41. The van der Waals surface area contributed by atoms with Crippen LogP contribution in [0, 0.1) is 5.92 Å². The SMILES string of the molecule is CC1C=CC(c2nc(-c3ccccc3)nc(-n3c4ccccc4c4cc5c(ccn5-c5ccccc5)cc43)n2)=CC1. The Hall–Kier alpha value is -5.29. The van der Waals surface area contributed by atoms with Gasteiger partial charge in [-0.15, -0.1) is 0 Å². The maximum absolute atomic E-state index is 5.10. The van der Waals surface area contributed by atoms with Gasteiger partial charge >= 0.3 is 0 Å². The summed E-state index contributed by atoms with van der Waals surface area (Å²) in [7, 11) is 0. The van der Waals surface area contributed by atoms with Gasteiger partial charge in [-0.1, -0.05) is 91.9 Å². The Morgan fingerprint density at radius 1 is 0.683 bits per heavy atom. The topological polar surface area (TPSA) is 48.5 Å². The van der Waals surface area contributed by atoms with Crippen molar-refractivity contribution >= 4 is 38.3 Å². The highest BCUT2D eigenvalue weighted by Crippen LogP contribution is 2.36. The summed E-state index contributed by atoms with van der Waals surface area (Å²) in [5.41, 5.74) is 6.45. The highest BCUT2D eigenvalue weighted by Gasteiger charge is 2.20. The van der Waals surface area contributed by atoms with E-state index in [0.717, 1.165) is 45.1 Å². The van der Waals surface area contributed by atoms with E-state index in [-0.39, 0.29) is 0 Å². The Morgan fingerprint density at radius 2 is 1.44 bits per heavy atom. The van der Waals surface area contributed by atoms with Crippen LogP contribution in [0.2, 0.25) is 0 Å². The largest absolute Gasteiger partial charge is 0.317 e. The quantitative estimate of drug-likeness (QED) is 0.229. The predicted octanol–water partition coefficient (Wildman–Crippen LogP) is 8.56. The summed E-state index contributed by atoms with van der Waals surface area (Å²) in [6.45, 7) is 2.22. The summed E-state index contributed by atoms with van der Waals surface area (Å²) < 4.78 is 4.44. The van der Waals surface area contributed by atoms with Crippen LogP contribution in [0.3, 0.4) is 0 Å². The molecule has 3 heterocycles. The van der Waals surface area contributed by atoms with Crippen molar-refractivity contribution < 1.29 is 0 Å². The van der Waals surface area contributed by atoms with Gasteiger partial charge in [0.2, 0.25) is 5.95 Å². The minimum Gasteiger partial charge on any atom is -0.317 e. The molecule has 4 aromatic carbocycles. The van der Waals surface area contributed by atoms with Crippen molar-refractivity contribution in [1.82, 2.24) is 24.1 Å². The van der Waals surface area contributed by atoms with Crippen molar-refractivity contribution in [2.45, 2.75) is 13.3 Å². The minimum absolute atomic E-state index is 0.511. The maximum Gasteiger partial charge on any atom is 0.238 e. The molecule has 0 saturated carbocycles. The molecule has 8 rings (SSSR count). The third-order valence-corrected chi connectivity index (χ3v) is 7.95. The Kier molecular flexibility index (Phi) is 5.42. The molecule has 0 bridgehead atoms. The molecule has 5 heteroatoms. The zero-order valence-electron chi connectivity index (χ0n) is 22.6. The number of rotatable bonds is 4. The molecule has 0 radical (unpaired) electrons. The summed E-state index contributed by atoms with van der Waals surface area (Å²) >= 11 is 0. The first-order valence-corrected chi connectivity index (χ1v) is 14.0. The molecule has 1 aliphatic carbocycles. The van der Waals surface area contributed by atoms with Crippen LogP contribution in [0.5, 0.6) is 0 Å². The predicted molar refractivity (Wildman–Crippen MR) is 167 cm³/mol. The van der Waals surface area contributed by atoms with Crippen LogP contribution in [0.15, 0.2) is 128 Å². The van der Waals surface area contributed by atoms with Gasteiger partial charge in [0.05, 0.1) is 16.6 Å². The lowest BCUT2D eigenvalue weighted by Gasteiger charge is -2.14. The highest BCUT2D eigenvalue weighted by atomic mass is 15.2.